The molecule has 4 N–H and O–H groups in total. The van der Waals surface area contributed by atoms with Crippen molar-refractivity contribution in [3.8, 4) is 0 Å². The van der Waals surface area contributed by atoms with E-state index in [9.17, 15) is 24.0 Å². The lowest BCUT2D eigenvalue weighted by atomic mass is 9.82. The Morgan fingerprint density at radius 2 is 1.76 bits per heavy atom. The Balaban J connectivity index is 2.30. The Labute approximate surface area is 237 Å². The van der Waals surface area contributed by atoms with Crippen LogP contribution >= 0.6 is 67.8 Å². The molecule has 0 fully saturated rings. The Kier molecular flexibility index (Phi) is 10.0. The van der Waals surface area contributed by atoms with Gasteiger partial charge in [-0.1, -0.05) is 13.3 Å². The number of halogens is 3. The SMILES string of the molecule is CCCCC(=O)NC1(I)C2=C(I)C(C(=O)NCC(COC(C)=O)OC(C)=O)(O2)C(I)=C1C(N)=O. The van der Waals surface area contributed by atoms with Gasteiger partial charge in [-0.25, -0.2) is 0 Å². The average Bonchev–Trinajstić information content (AvgIpc) is 2.71. The summed E-state index contributed by atoms with van der Waals surface area (Å²) >= 11 is 5.67. The zero-order valence-corrected chi connectivity index (χ0v) is 25.1. The fourth-order valence-corrected chi connectivity index (χ4v) is 8.50. The van der Waals surface area contributed by atoms with Crippen LogP contribution in [0.4, 0.5) is 0 Å². The number of nitrogens with one attached hydrogen (secondary N) is 2. The second-order valence-corrected chi connectivity index (χ2v) is 11.3. The molecular formula is C20H24I3N3O8. The van der Waals surface area contributed by atoms with Gasteiger partial charge in [0, 0.05) is 20.3 Å². The summed E-state index contributed by atoms with van der Waals surface area (Å²) in [6.07, 6.45) is 0.832. The maximum Gasteiger partial charge on any atom is 0.303 e. The number of rotatable bonds is 11. The summed E-state index contributed by atoms with van der Waals surface area (Å²) in [5.74, 6) is -2.64. The summed E-state index contributed by atoms with van der Waals surface area (Å²) in [7, 11) is 0. The van der Waals surface area contributed by atoms with Gasteiger partial charge in [0.2, 0.25) is 11.8 Å². The Hall–Kier alpha value is -1.18. The van der Waals surface area contributed by atoms with Crippen molar-refractivity contribution in [3.63, 3.8) is 0 Å². The van der Waals surface area contributed by atoms with Gasteiger partial charge in [0.25, 0.3) is 11.5 Å². The van der Waals surface area contributed by atoms with Crippen LogP contribution in [-0.4, -0.2) is 58.1 Å². The largest absolute Gasteiger partial charge is 0.466 e. The van der Waals surface area contributed by atoms with Crippen LogP contribution in [0.25, 0.3) is 0 Å². The van der Waals surface area contributed by atoms with E-state index in [-0.39, 0.29) is 40.4 Å². The molecule has 3 rings (SSSR count). The van der Waals surface area contributed by atoms with E-state index in [1.807, 2.05) is 74.7 Å². The van der Waals surface area contributed by atoms with Crippen LogP contribution in [0.2, 0.25) is 0 Å². The van der Waals surface area contributed by atoms with E-state index in [2.05, 4.69) is 10.6 Å². The van der Waals surface area contributed by atoms with Gasteiger partial charge in [-0.05, 0) is 74.2 Å². The minimum Gasteiger partial charge on any atom is -0.466 e. The second kappa shape index (κ2) is 11.7. The summed E-state index contributed by atoms with van der Waals surface area (Å²) in [6.45, 7) is 3.93. The van der Waals surface area contributed by atoms with Gasteiger partial charge in [-0.2, -0.15) is 0 Å². The third-order valence-corrected chi connectivity index (χ3v) is 8.73. The number of fused-ring (bicyclic) bond motifs is 1. The van der Waals surface area contributed by atoms with Crippen LogP contribution in [0.5, 0.6) is 0 Å². The van der Waals surface area contributed by atoms with Crippen LogP contribution in [-0.2, 0) is 38.2 Å². The number of carbonyl (C=O) groups excluding carboxylic acids is 5. The van der Waals surface area contributed by atoms with Gasteiger partial charge in [-0.3, -0.25) is 24.0 Å². The Morgan fingerprint density at radius 3 is 2.26 bits per heavy atom. The third kappa shape index (κ3) is 5.79. The molecule has 11 nitrogen and oxygen atoms in total. The van der Waals surface area contributed by atoms with Crippen LogP contribution in [0.15, 0.2) is 18.5 Å². The highest BCUT2D eigenvalue weighted by Crippen LogP contribution is 2.61. The van der Waals surface area contributed by atoms with E-state index < -0.39 is 39.0 Å². The number of alkyl halides is 1. The fraction of sp³-hybridized carbons (Fsp3) is 0.550. The highest BCUT2D eigenvalue weighted by molar-refractivity contribution is 14.1. The molecule has 1 aliphatic carbocycles. The number of esters is 2. The number of unbranched alkanes of at least 4 members (excludes halogenated alkanes) is 1. The van der Waals surface area contributed by atoms with E-state index >= 15 is 0 Å². The lowest BCUT2D eigenvalue weighted by molar-refractivity contribution is -0.157. The van der Waals surface area contributed by atoms with Crippen molar-refractivity contribution in [2.45, 2.75) is 55.3 Å². The molecule has 3 atom stereocenters. The first kappa shape index (κ1) is 29.1. The summed E-state index contributed by atoms with van der Waals surface area (Å²) in [4.78, 5) is 60.6. The number of carbonyl (C=O) groups is 5. The van der Waals surface area contributed by atoms with Crippen molar-refractivity contribution >= 4 is 97.4 Å². The molecule has 14 heteroatoms. The normalized spacial score (nSPS) is 23.8. The summed E-state index contributed by atoms with van der Waals surface area (Å²) < 4.78 is 15.2. The Morgan fingerprint density at radius 1 is 1.12 bits per heavy atom. The minimum atomic E-state index is -1.62. The van der Waals surface area contributed by atoms with Crippen LogP contribution < -0.4 is 16.4 Å². The summed E-state index contributed by atoms with van der Waals surface area (Å²) in [5.41, 5.74) is 4.09. The first-order valence-electron chi connectivity index (χ1n) is 10.2. The molecule has 3 unspecified atom stereocenters. The molecule has 0 aromatic carbocycles. The topological polar surface area (TPSA) is 163 Å². The average molecular weight is 815 g/mol. The number of nitrogens with two attached hydrogens (primary N) is 1. The van der Waals surface area contributed by atoms with Crippen LogP contribution in [0.3, 0.4) is 0 Å². The molecule has 0 spiro atoms. The maximum absolute atomic E-state index is 13.2. The fourth-order valence-electron chi connectivity index (χ4n) is 3.31. The number of primary amides is 1. The van der Waals surface area contributed by atoms with E-state index in [1.165, 1.54) is 13.8 Å². The van der Waals surface area contributed by atoms with E-state index in [0.717, 1.165) is 6.42 Å². The molecule has 3 aliphatic rings. The maximum atomic E-state index is 13.2. The lowest BCUT2D eigenvalue weighted by Gasteiger charge is -2.52. The number of ether oxygens (including phenoxy) is 3. The van der Waals surface area contributed by atoms with Crippen molar-refractivity contribution in [2.24, 2.45) is 5.73 Å². The first-order chi connectivity index (χ1) is 15.8. The molecule has 188 valence electrons. The predicted octanol–water partition coefficient (Wildman–Crippen LogP) is 1.64. The van der Waals surface area contributed by atoms with Gasteiger partial charge in [0.1, 0.15) is 6.61 Å². The minimum absolute atomic E-state index is 0.0480. The van der Waals surface area contributed by atoms with Gasteiger partial charge >= 0.3 is 11.9 Å². The third-order valence-electron chi connectivity index (χ3n) is 4.88. The molecule has 2 bridgehead atoms. The summed E-state index contributed by atoms with van der Waals surface area (Å²) in [5, 5.41) is 5.45. The molecule has 3 amide bonds. The molecule has 0 aromatic rings. The number of hydrogen-bond acceptors (Lipinski definition) is 8. The first-order valence-corrected chi connectivity index (χ1v) is 13.4. The number of amides is 3. The zero-order chi connectivity index (χ0) is 25.8. The van der Waals surface area contributed by atoms with Crippen molar-refractivity contribution in [1.82, 2.24) is 10.6 Å². The van der Waals surface area contributed by atoms with Crippen LogP contribution in [0.1, 0.15) is 40.0 Å². The molecule has 34 heavy (non-hydrogen) atoms. The molecule has 0 saturated carbocycles. The van der Waals surface area contributed by atoms with Gasteiger partial charge in [0.15, 0.2) is 15.4 Å². The molecular weight excluding hydrogens is 791 g/mol. The van der Waals surface area contributed by atoms with E-state index in [1.54, 1.807) is 0 Å². The highest BCUT2D eigenvalue weighted by atomic mass is 127. The molecule has 0 aromatic heterocycles. The van der Waals surface area contributed by atoms with Gasteiger partial charge in [0.05, 0.1) is 19.3 Å². The number of hydrogen-bond donors (Lipinski definition) is 3. The van der Waals surface area contributed by atoms with Crippen molar-refractivity contribution in [1.29, 1.82) is 0 Å². The van der Waals surface area contributed by atoms with Gasteiger partial charge < -0.3 is 30.6 Å². The smallest absolute Gasteiger partial charge is 0.303 e. The Bertz CT molecular complexity index is 982. The molecule has 2 aliphatic heterocycles. The van der Waals surface area contributed by atoms with Crippen LogP contribution in [0, 0.1) is 0 Å². The second-order valence-electron chi connectivity index (χ2n) is 7.53. The van der Waals surface area contributed by atoms with Crippen molar-refractivity contribution in [2.75, 3.05) is 13.2 Å². The zero-order valence-electron chi connectivity index (χ0n) is 18.6. The van der Waals surface area contributed by atoms with Gasteiger partial charge in [-0.15, -0.1) is 0 Å². The lowest BCUT2D eigenvalue weighted by Crippen LogP contribution is -2.66. The quantitative estimate of drug-likeness (QED) is 0.123. The standard InChI is InChI=1S/C20H24I3N3O8/c1-4-5-6-12(29)26-20(23)13(17(24)30)14(21)19(15(22)16(20)34-19)18(31)25-7-11(33-10(3)28)8-32-9(2)27/h11H,4-8H2,1-3H3,(H2,24,30)(H,25,31)(H,26,29). The monoisotopic (exact) mass is 815 g/mol. The molecule has 2 heterocycles. The summed E-state index contributed by atoms with van der Waals surface area (Å²) in [6, 6.07) is 0. The molecule has 0 radical (unpaired) electrons. The van der Waals surface area contributed by atoms with E-state index in [0.29, 0.717) is 10.0 Å². The molecule has 0 saturated heterocycles. The van der Waals surface area contributed by atoms with Crippen molar-refractivity contribution in [3.05, 3.63) is 18.5 Å². The van der Waals surface area contributed by atoms with E-state index in [4.69, 9.17) is 19.9 Å². The highest BCUT2D eigenvalue weighted by Gasteiger charge is 2.68. The predicted molar refractivity (Wildman–Crippen MR) is 145 cm³/mol. The van der Waals surface area contributed by atoms with Crippen molar-refractivity contribution < 1.29 is 38.2 Å².